The molecule has 1 saturated heterocycles. The fourth-order valence-corrected chi connectivity index (χ4v) is 3.35. The van der Waals surface area contributed by atoms with Crippen LogP contribution in [0.5, 0.6) is 0 Å². The van der Waals surface area contributed by atoms with Gasteiger partial charge in [-0.15, -0.1) is 5.10 Å². The van der Waals surface area contributed by atoms with Gasteiger partial charge in [-0.25, -0.2) is 9.48 Å². The van der Waals surface area contributed by atoms with Gasteiger partial charge < -0.3 is 10.2 Å². The number of hydrogen-bond donors (Lipinski definition) is 2. The van der Waals surface area contributed by atoms with Crippen LogP contribution in [0.4, 0.5) is 13.2 Å². The number of alkyl halides is 3. The molecule has 0 amide bonds. The molecule has 1 aliphatic heterocycles. The molecule has 1 atom stereocenters. The minimum absolute atomic E-state index is 0.380. The zero-order chi connectivity index (χ0) is 24.1. The Morgan fingerprint density at radius 3 is 2.25 bits per heavy atom. The third kappa shape index (κ3) is 7.52. The number of hydrogen-bond acceptors (Lipinski definition) is 7. The Hall–Kier alpha value is -2.60. The number of nitrogens with zero attached hydrogens (tertiary/aromatic N) is 6. The van der Waals surface area contributed by atoms with Crippen LogP contribution in [0.2, 0.25) is 0 Å². The molecule has 0 spiro atoms. The average Bonchev–Trinajstić information content (AvgIpc) is 3.14. The number of aromatic nitrogens is 5. The lowest BCUT2D eigenvalue weighted by atomic mass is 10.0. The Labute approximate surface area is 184 Å². The summed E-state index contributed by atoms with van der Waals surface area (Å²) >= 11 is 0. The van der Waals surface area contributed by atoms with Gasteiger partial charge in [-0.05, 0) is 40.5 Å². The molecular formula is C20H29F3N6O3. The SMILES string of the molecule is Cc1nc(C)c(CN2CCC(n3cc(CC(C)O)nn3)CC2)nc1C.O=C(O)C(F)(F)F. The summed E-state index contributed by atoms with van der Waals surface area (Å²) in [7, 11) is 0. The van der Waals surface area contributed by atoms with Gasteiger partial charge in [0.15, 0.2) is 0 Å². The first kappa shape index (κ1) is 25.7. The number of carboxylic acids is 1. The predicted octanol–water partition coefficient (Wildman–Crippen LogP) is 2.39. The molecule has 3 heterocycles. The fraction of sp³-hybridized carbons (Fsp3) is 0.650. The quantitative estimate of drug-likeness (QED) is 0.702. The number of likely N-dealkylation sites (tertiary alicyclic amines) is 1. The summed E-state index contributed by atoms with van der Waals surface area (Å²) in [4.78, 5) is 20.7. The van der Waals surface area contributed by atoms with Crippen molar-refractivity contribution in [3.8, 4) is 0 Å². The first-order valence-electron chi connectivity index (χ1n) is 10.3. The van der Waals surface area contributed by atoms with Gasteiger partial charge in [-0.2, -0.15) is 13.2 Å². The highest BCUT2D eigenvalue weighted by molar-refractivity contribution is 5.73. The summed E-state index contributed by atoms with van der Waals surface area (Å²) in [6, 6.07) is 0.387. The van der Waals surface area contributed by atoms with Crippen molar-refractivity contribution < 1.29 is 28.2 Å². The second kappa shape index (κ2) is 10.8. The molecule has 0 bridgehead atoms. The summed E-state index contributed by atoms with van der Waals surface area (Å²) in [6.45, 7) is 10.7. The van der Waals surface area contributed by atoms with Crippen LogP contribution in [-0.4, -0.2) is 71.4 Å². The lowest BCUT2D eigenvalue weighted by molar-refractivity contribution is -0.192. The van der Waals surface area contributed by atoms with Crippen molar-refractivity contribution in [1.82, 2.24) is 29.9 Å². The lowest BCUT2D eigenvalue weighted by Gasteiger charge is -2.31. The van der Waals surface area contributed by atoms with Crippen molar-refractivity contribution in [3.05, 3.63) is 34.7 Å². The molecule has 2 aromatic heterocycles. The van der Waals surface area contributed by atoms with Crippen LogP contribution in [0, 0.1) is 20.8 Å². The molecule has 178 valence electrons. The van der Waals surface area contributed by atoms with Crippen molar-refractivity contribution in [1.29, 1.82) is 0 Å². The predicted molar refractivity (Wildman–Crippen MR) is 109 cm³/mol. The van der Waals surface area contributed by atoms with Gasteiger partial charge in [-0.1, -0.05) is 5.21 Å². The minimum Gasteiger partial charge on any atom is -0.475 e. The van der Waals surface area contributed by atoms with Crippen LogP contribution in [0.15, 0.2) is 6.20 Å². The van der Waals surface area contributed by atoms with Crippen molar-refractivity contribution in [2.45, 2.75) is 71.8 Å². The Morgan fingerprint density at radius 1 is 1.16 bits per heavy atom. The molecule has 2 aromatic rings. The summed E-state index contributed by atoms with van der Waals surface area (Å²) in [5.41, 5.74) is 5.01. The zero-order valence-corrected chi connectivity index (χ0v) is 18.6. The van der Waals surface area contributed by atoms with Crippen molar-refractivity contribution >= 4 is 5.97 Å². The van der Waals surface area contributed by atoms with E-state index in [9.17, 15) is 18.3 Å². The maximum absolute atomic E-state index is 10.6. The molecule has 2 N–H and O–H groups in total. The number of halogens is 3. The monoisotopic (exact) mass is 458 g/mol. The normalized spacial score (nSPS) is 16.4. The Bertz CT molecular complexity index is 908. The van der Waals surface area contributed by atoms with Gasteiger partial charge in [0.05, 0.1) is 40.6 Å². The number of piperidine rings is 1. The largest absolute Gasteiger partial charge is 0.490 e. The van der Waals surface area contributed by atoms with Crippen LogP contribution >= 0.6 is 0 Å². The number of aliphatic hydroxyl groups excluding tert-OH is 1. The first-order chi connectivity index (χ1) is 14.9. The third-order valence-corrected chi connectivity index (χ3v) is 5.19. The van der Waals surface area contributed by atoms with E-state index < -0.39 is 12.1 Å². The lowest BCUT2D eigenvalue weighted by Crippen LogP contribution is -2.35. The van der Waals surface area contributed by atoms with Gasteiger partial charge in [0.1, 0.15) is 0 Å². The first-order valence-corrected chi connectivity index (χ1v) is 10.3. The number of aliphatic hydroxyl groups is 1. The smallest absolute Gasteiger partial charge is 0.475 e. The van der Waals surface area contributed by atoms with Crippen molar-refractivity contribution in [3.63, 3.8) is 0 Å². The molecule has 0 aliphatic carbocycles. The molecule has 9 nitrogen and oxygen atoms in total. The molecule has 0 radical (unpaired) electrons. The Kier molecular flexibility index (Phi) is 8.67. The number of carbonyl (C=O) groups is 1. The molecule has 12 heteroatoms. The third-order valence-electron chi connectivity index (χ3n) is 5.19. The molecule has 3 rings (SSSR count). The highest BCUT2D eigenvalue weighted by Crippen LogP contribution is 2.23. The molecule has 1 unspecified atom stereocenters. The molecule has 0 aromatic carbocycles. The Balaban J connectivity index is 0.000000451. The summed E-state index contributed by atoms with van der Waals surface area (Å²) < 4.78 is 33.7. The second-order valence-electron chi connectivity index (χ2n) is 7.98. The van der Waals surface area contributed by atoms with E-state index in [-0.39, 0.29) is 6.10 Å². The summed E-state index contributed by atoms with van der Waals surface area (Å²) in [5.74, 6) is -2.76. The van der Waals surface area contributed by atoms with Crippen LogP contribution in [0.25, 0.3) is 0 Å². The zero-order valence-electron chi connectivity index (χ0n) is 18.6. The van der Waals surface area contributed by atoms with Gasteiger partial charge in [-0.3, -0.25) is 14.9 Å². The molecule has 0 saturated carbocycles. The van der Waals surface area contributed by atoms with Crippen molar-refractivity contribution in [2.24, 2.45) is 0 Å². The van der Waals surface area contributed by atoms with E-state index in [1.165, 1.54) is 0 Å². The van der Waals surface area contributed by atoms with E-state index in [1.807, 2.05) is 31.6 Å². The number of aliphatic carboxylic acids is 1. The van der Waals surface area contributed by atoms with E-state index in [4.69, 9.17) is 14.9 Å². The summed E-state index contributed by atoms with van der Waals surface area (Å²) in [5, 5.41) is 25.0. The summed E-state index contributed by atoms with van der Waals surface area (Å²) in [6.07, 6.45) is -0.826. The van der Waals surface area contributed by atoms with Gasteiger partial charge in [0.2, 0.25) is 0 Å². The van der Waals surface area contributed by atoms with Crippen LogP contribution < -0.4 is 0 Å². The van der Waals surface area contributed by atoms with Gasteiger partial charge >= 0.3 is 12.1 Å². The molecule has 1 aliphatic rings. The topological polar surface area (TPSA) is 117 Å². The maximum atomic E-state index is 10.6. The Morgan fingerprint density at radius 2 is 1.72 bits per heavy atom. The standard InChI is InChI=1S/C18H28N6O.C2HF3O2/c1-12(25)9-16-10-24(22-21-16)17-5-7-23(8-6-17)11-18-15(4)19-13(2)14(3)20-18;3-2(4,5)1(6)7/h10,12,17,25H,5-9,11H2,1-4H3;(H,6,7). The van der Waals surface area contributed by atoms with E-state index in [2.05, 4.69) is 20.2 Å². The van der Waals surface area contributed by atoms with Crippen LogP contribution in [-0.2, 0) is 17.8 Å². The number of aryl methyl sites for hydroxylation is 3. The van der Waals surface area contributed by atoms with E-state index in [1.54, 1.807) is 6.92 Å². The second-order valence-corrected chi connectivity index (χ2v) is 7.98. The van der Waals surface area contributed by atoms with Crippen LogP contribution in [0.3, 0.4) is 0 Å². The highest BCUT2D eigenvalue weighted by Gasteiger charge is 2.38. The van der Waals surface area contributed by atoms with Gasteiger partial charge in [0, 0.05) is 32.3 Å². The highest BCUT2D eigenvalue weighted by atomic mass is 19.4. The minimum atomic E-state index is -5.08. The number of carboxylic acid groups (broad SMARTS) is 1. The maximum Gasteiger partial charge on any atom is 0.490 e. The van der Waals surface area contributed by atoms with E-state index in [0.29, 0.717) is 12.5 Å². The molecule has 1 fully saturated rings. The van der Waals surface area contributed by atoms with E-state index in [0.717, 1.165) is 60.9 Å². The molecular weight excluding hydrogens is 429 g/mol. The fourth-order valence-electron chi connectivity index (χ4n) is 3.35. The van der Waals surface area contributed by atoms with Crippen LogP contribution in [0.1, 0.15) is 54.3 Å². The van der Waals surface area contributed by atoms with Gasteiger partial charge in [0.25, 0.3) is 0 Å². The average molecular weight is 458 g/mol. The van der Waals surface area contributed by atoms with Crippen molar-refractivity contribution in [2.75, 3.05) is 13.1 Å². The number of rotatable bonds is 5. The molecule has 32 heavy (non-hydrogen) atoms. The van der Waals surface area contributed by atoms with E-state index >= 15 is 0 Å².